The van der Waals surface area contributed by atoms with Gasteiger partial charge in [0.1, 0.15) is 0 Å². The molecule has 0 N–H and O–H groups in total. The maximum absolute atomic E-state index is 4.12. The molecule has 0 saturated heterocycles. The molecule has 0 heterocycles. The molecular weight excluding hydrogens is 276 g/mol. The Kier molecular flexibility index (Phi) is 6.22. The quantitative estimate of drug-likeness (QED) is 0.370. The lowest BCUT2D eigenvalue weighted by Crippen LogP contribution is -2.23. The lowest BCUT2D eigenvalue weighted by atomic mass is 9.69. The van der Waals surface area contributed by atoms with Crippen LogP contribution in [0.25, 0.3) is 5.57 Å². The van der Waals surface area contributed by atoms with Crippen LogP contribution in [0.2, 0.25) is 0 Å². The summed E-state index contributed by atoms with van der Waals surface area (Å²) in [6.07, 6.45) is 6.22. The Labute approximate surface area is 144 Å². The summed E-state index contributed by atoms with van der Waals surface area (Å²) in [6, 6.07) is 6.77. The number of benzene rings is 1. The standard InChI is InChI=1S/C23H34/c1-10-19-14-13-17(4)15-20(19)18(5)21(11-2)23(8,9)16-22(6,7)12-3/h11-15H,2-3,10,16H2,1,4-9H3/b21-18+. The maximum atomic E-state index is 4.12. The molecule has 1 aromatic carbocycles. The molecule has 1 rings (SSSR count). The summed E-state index contributed by atoms with van der Waals surface area (Å²) >= 11 is 0. The SMILES string of the molecule is C=C/C(=C(/C)c1cc(C)ccc1CC)C(C)(C)CC(C)(C)C=C. The zero-order valence-corrected chi connectivity index (χ0v) is 16.2. The largest absolute Gasteiger partial charge is 0.103 e. The van der Waals surface area contributed by atoms with E-state index in [1.165, 1.54) is 27.8 Å². The van der Waals surface area contributed by atoms with Crippen LogP contribution in [-0.2, 0) is 6.42 Å². The molecule has 0 saturated carbocycles. The molecule has 0 aliphatic heterocycles. The Morgan fingerprint density at radius 2 is 1.74 bits per heavy atom. The lowest BCUT2D eigenvalue weighted by Gasteiger charge is -2.35. The van der Waals surface area contributed by atoms with E-state index in [-0.39, 0.29) is 10.8 Å². The summed E-state index contributed by atoms with van der Waals surface area (Å²) in [7, 11) is 0. The molecule has 0 fully saturated rings. The van der Waals surface area contributed by atoms with Crippen LogP contribution < -0.4 is 0 Å². The molecule has 0 nitrogen and oxygen atoms in total. The van der Waals surface area contributed by atoms with E-state index in [0.29, 0.717) is 0 Å². The molecule has 0 bridgehead atoms. The molecule has 0 amide bonds. The number of hydrogen-bond acceptors (Lipinski definition) is 0. The molecular formula is C23H34. The van der Waals surface area contributed by atoms with Gasteiger partial charge in [0, 0.05) is 0 Å². The van der Waals surface area contributed by atoms with Crippen molar-refractivity contribution in [2.45, 2.75) is 61.3 Å². The molecule has 1 aromatic rings. The van der Waals surface area contributed by atoms with Crippen molar-refractivity contribution in [1.29, 1.82) is 0 Å². The van der Waals surface area contributed by atoms with Gasteiger partial charge in [0.2, 0.25) is 0 Å². The normalized spacial score (nSPS) is 13.5. The predicted molar refractivity (Wildman–Crippen MR) is 106 cm³/mol. The first-order chi connectivity index (χ1) is 10.6. The Morgan fingerprint density at radius 1 is 1.13 bits per heavy atom. The smallest absolute Gasteiger partial charge is 0.00929 e. The van der Waals surface area contributed by atoms with Gasteiger partial charge in [-0.1, -0.05) is 77.1 Å². The minimum Gasteiger partial charge on any atom is -0.103 e. The van der Waals surface area contributed by atoms with E-state index in [0.717, 1.165) is 12.8 Å². The van der Waals surface area contributed by atoms with Gasteiger partial charge in [0.05, 0.1) is 0 Å². The highest BCUT2D eigenvalue weighted by molar-refractivity contribution is 5.73. The summed E-state index contributed by atoms with van der Waals surface area (Å²) in [5.41, 5.74) is 6.94. The van der Waals surface area contributed by atoms with E-state index in [9.17, 15) is 0 Å². The van der Waals surface area contributed by atoms with Crippen molar-refractivity contribution in [2.24, 2.45) is 10.8 Å². The monoisotopic (exact) mass is 310 g/mol. The van der Waals surface area contributed by atoms with Gasteiger partial charge in [0.15, 0.2) is 0 Å². The second-order valence-corrected chi connectivity index (χ2v) is 8.01. The highest BCUT2D eigenvalue weighted by atomic mass is 14.3. The summed E-state index contributed by atoms with van der Waals surface area (Å²) < 4.78 is 0. The fourth-order valence-electron chi connectivity index (χ4n) is 3.74. The molecule has 0 unspecified atom stereocenters. The fraction of sp³-hybridized carbons (Fsp3) is 0.478. The van der Waals surface area contributed by atoms with E-state index >= 15 is 0 Å². The van der Waals surface area contributed by atoms with Gasteiger partial charge < -0.3 is 0 Å². The molecule has 0 aliphatic rings. The van der Waals surface area contributed by atoms with E-state index in [4.69, 9.17) is 0 Å². The molecule has 0 aromatic heterocycles. The first kappa shape index (κ1) is 19.5. The van der Waals surface area contributed by atoms with Crippen molar-refractivity contribution in [3.63, 3.8) is 0 Å². The maximum Gasteiger partial charge on any atom is -0.00929 e. The van der Waals surface area contributed by atoms with E-state index in [1.54, 1.807) is 0 Å². The summed E-state index contributed by atoms with van der Waals surface area (Å²) in [5.74, 6) is 0. The van der Waals surface area contributed by atoms with Gasteiger partial charge in [-0.15, -0.1) is 6.58 Å². The minimum atomic E-state index is 0.0539. The van der Waals surface area contributed by atoms with Crippen LogP contribution in [-0.4, -0.2) is 0 Å². The number of aryl methyl sites for hydroxylation is 2. The topological polar surface area (TPSA) is 0 Å². The van der Waals surface area contributed by atoms with Gasteiger partial charge in [-0.25, -0.2) is 0 Å². The summed E-state index contributed by atoms with van der Waals surface area (Å²) in [5, 5.41) is 0. The second-order valence-electron chi connectivity index (χ2n) is 8.01. The van der Waals surface area contributed by atoms with Gasteiger partial charge in [-0.05, 0) is 59.8 Å². The Morgan fingerprint density at radius 3 is 2.22 bits per heavy atom. The van der Waals surface area contributed by atoms with E-state index in [2.05, 4.69) is 92.0 Å². The predicted octanol–water partition coefficient (Wildman–Crippen LogP) is 7.15. The Balaban J connectivity index is 3.46. The Hall–Kier alpha value is -1.56. The van der Waals surface area contributed by atoms with Crippen LogP contribution in [0, 0.1) is 17.8 Å². The molecule has 0 radical (unpaired) electrons. The number of rotatable bonds is 7. The van der Waals surface area contributed by atoms with Crippen molar-refractivity contribution >= 4 is 5.57 Å². The van der Waals surface area contributed by atoms with Crippen LogP contribution in [0.15, 0.2) is 49.1 Å². The fourth-order valence-corrected chi connectivity index (χ4v) is 3.74. The third-order valence-electron chi connectivity index (χ3n) is 4.84. The van der Waals surface area contributed by atoms with Gasteiger partial charge in [0.25, 0.3) is 0 Å². The summed E-state index contributed by atoms with van der Waals surface area (Å²) in [4.78, 5) is 0. The van der Waals surface area contributed by atoms with Crippen molar-refractivity contribution in [2.75, 3.05) is 0 Å². The highest BCUT2D eigenvalue weighted by Crippen LogP contribution is 2.43. The molecule has 0 atom stereocenters. The van der Waals surface area contributed by atoms with Crippen LogP contribution in [0.5, 0.6) is 0 Å². The van der Waals surface area contributed by atoms with Crippen LogP contribution in [0.3, 0.4) is 0 Å². The molecule has 0 heteroatoms. The highest BCUT2D eigenvalue weighted by Gasteiger charge is 2.30. The third-order valence-corrected chi connectivity index (χ3v) is 4.84. The van der Waals surface area contributed by atoms with Crippen molar-refractivity contribution in [3.05, 3.63) is 65.8 Å². The minimum absolute atomic E-state index is 0.0539. The van der Waals surface area contributed by atoms with Crippen LogP contribution >= 0.6 is 0 Å². The third kappa shape index (κ3) is 4.70. The molecule has 0 aliphatic carbocycles. The van der Waals surface area contributed by atoms with Gasteiger partial charge in [-0.3, -0.25) is 0 Å². The number of hydrogen-bond donors (Lipinski definition) is 0. The van der Waals surface area contributed by atoms with Crippen molar-refractivity contribution < 1.29 is 0 Å². The van der Waals surface area contributed by atoms with E-state index in [1.807, 2.05) is 0 Å². The second kappa shape index (κ2) is 7.34. The zero-order valence-electron chi connectivity index (χ0n) is 16.2. The lowest BCUT2D eigenvalue weighted by molar-refractivity contribution is 0.286. The first-order valence-corrected chi connectivity index (χ1v) is 8.65. The van der Waals surface area contributed by atoms with Gasteiger partial charge >= 0.3 is 0 Å². The molecule has 0 spiro atoms. The van der Waals surface area contributed by atoms with Crippen molar-refractivity contribution in [3.8, 4) is 0 Å². The van der Waals surface area contributed by atoms with Gasteiger partial charge in [-0.2, -0.15) is 0 Å². The average Bonchev–Trinajstić information content (AvgIpc) is 2.46. The van der Waals surface area contributed by atoms with Crippen LogP contribution in [0.1, 0.15) is 64.7 Å². The molecule has 126 valence electrons. The summed E-state index contributed by atoms with van der Waals surface area (Å²) in [6.45, 7) is 23.9. The Bertz CT molecular complexity index is 609. The zero-order chi connectivity index (χ0) is 17.8. The van der Waals surface area contributed by atoms with E-state index < -0.39 is 0 Å². The average molecular weight is 311 g/mol. The first-order valence-electron chi connectivity index (χ1n) is 8.65. The van der Waals surface area contributed by atoms with Crippen molar-refractivity contribution in [1.82, 2.24) is 0 Å². The van der Waals surface area contributed by atoms with Crippen LogP contribution in [0.4, 0.5) is 0 Å². The number of allylic oxidation sites excluding steroid dienone is 4. The molecule has 23 heavy (non-hydrogen) atoms.